The lowest BCUT2D eigenvalue weighted by Gasteiger charge is -2.46. The fraction of sp³-hybridized carbons (Fsp3) is 1.00. The molecular formula is C8H24N4Si. The monoisotopic (exact) mass is 204 g/mol. The van der Waals surface area contributed by atoms with Gasteiger partial charge in [-0.1, -0.05) is 0 Å². The molecule has 0 spiro atoms. The van der Waals surface area contributed by atoms with Crippen LogP contribution >= 0.6 is 0 Å². The number of hydrogen-bond donors (Lipinski definition) is 1. The van der Waals surface area contributed by atoms with Gasteiger partial charge in [-0.15, -0.1) is 0 Å². The molecule has 0 aliphatic rings. The van der Waals surface area contributed by atoms with Crippen molar-refractivity contribution in [2.24, 2.45) is 0 Å². The second-order valence-electron chi connectivity index (χ2n) is 4.09. The number of nitrogens with zero attached hydrogens (tertiary/aromatic N) is 3. The third kappa shape index (κ3) is 3.03. The summed E-state index contributed by atoms with van der Waals surface area (Å²) in [5.74, 6) is -0.0320. The van der Waals surface area contributed by atoms with Crippen molar-refractivity contribution >= 4 is 10.4 Å². The summed E-state index contributed by atoms with van der Waals surface area (Å²) >= 11 is 0. The molecule has 0 aromatic rings. The Balaban J connectivity index is 4.65. The van der Waals surface area contributed by atoms with Crippen LogP contribution in [0.15, 0.2) is 0 Å². The van der Waals surface area contributed by atoms with E-state index in [-0.39, 0.29) is 5.79 Å². The zero-order chi connectivity index (χ0) is 10.6. The Bertz CT molecular complexity index is 139. The highest BCUT2D eigenvalue weighted by atomic mass is 28.2. The lowest BCUT2D eigenvalue weighted by Crippen LogP contribution is -2.68. The molecule has 0 aliphatic carbocycles. The van der Waals surface area contributed by atoms with E-state index in [0.717, 1.165) is 16.9 Å². The maximum Gasteiger partial charge on any atom is 0.134 e. The molecule has 0 aliphatic heterocycles. The van der Waals surface area contributed by atoms with Gasteiger partial charge in [-0.05, 0) is 42.3 Å². The second kappa shape index (κ2) is 5.07. The predicted molar refractivity (Wildman–Crippen MR) is 61.7 cm³/mol. The molecule has 0 aromatic carbocycles. The first kappa shape index (κ1) is 13.1. The van der Waals surface area contributed by atoms with E-state index in [0.29, 0.717) is 0 Å². The molecule has 0 bridgehead atoms. The van der Waals surface area contributed by atoms with Gasteiger partial charge in [0.2, 0.25) is 0 Å². The van der Waals surface area contributed by atoms with Gasteiger partial charge in [-0.2, -0.15) is 0 Å². The summed E-state index contributed by atoms with van der Waals surface area (Å²) in [5, 5.41) is 0. The average molecular weight is 204 g/mol. The van der Waals surface area contributed by atoms with Crippen molar-refractivity contribution in [1.29, 1.82) is 0 Å². The van der Waals surface area contributed by atoms with Crippen molar-refractivity contribution in [2.45, 2.75) is 5.79 Å². The number of likely N-dealkylation sites (N-methyl/N-ethyl adjacent to an activating group) is 3. The van der Waals surface area contributed by atoms with Gasteiger partial charge in [0.15, 0.2) is 0 Å². The first-order chi connectivity index (χ1) is 5.86. The Morgan fingerprint density at radius 3 is 1.46 bits per heavy atom. The topological polar surface area (TPSA) is 21.8 Å². The van der Waals surface area contributed by atoms with Gasteiger partial charge in [-0.25, -0.2) is 0 Å². The van der Waals surface area contributed by atoms with Crippen molar-refractivity contribution in [3.05, 3.63) is 0 Å². The van der Waals surface area contributed by atoms with Gasteiger partial charge in [0.05, 0.1) is 10.4 Å². The molecule has 0 heterocycles. The average Bonchev–Trinajstić information content (AvgIpc) is 1.98. The van der Waals surface area contributed by atoms with Crippen molar-refractivity contribution in [3.63, 3.8) is 0 Å². The molecule has 0 saturated carbocycles. The van der Waals surface area contributed by atoms with Crippen LogP contribution in [0.1, 0.15) is 0 Å². The summed E-state index contributed by atoms with van der Waals surface area (Å²) in [7, 11) is 13.6. The predicted octanol–water partition coefficient (Wildman–Crippen LogP) is -1.80. The summed E-state index contributed by atoms with van der Waals surface area (Å²) in [6, 6.07) is 0. The highest BCUT2D eigenvalue weighted by Crippen LogP contribution is 2.11. The number of nitrogens with one attached hydrogen (secondary N) is 1. The molecule has 0 atom stereocenters. The van der Waals surface area contributed by atoms with Crippen LogP contribution < -0.4 is 4.98 Å². The van der Waals surface area contributed by atoms with Gasteiger partial charge in [0, 0.05) is 6.54 Å². The minimum atomic E-state index is -0.0320. The van der Waals surface area contributed by atoms with Gasteiger partial charge >= 0.3 is 0 Å². The molecular weight excluding hydrogens is 180 g/mol. The molecule has 0 rings (SSSR count). The fourth-order valence-corrected chi connectivity index (χ4v) is 2.70. The minimum Gasteiger partial charge on any atom is -0.315 e. The Hall–Kier alpha value is 0.0569. The smallest absolute Gasteiger partial charge is 0.134 e. The van der Waals surface area contributed by atoms with Gasteiger partial charge in [0.1, 0.15) is 5.79 Å². The fourth-order valence-electron chi connectivity index (χ4n) is 1.65. The zero-order valence-electron chi connectivity index (χ0n) is 10.0. The standard InChI is InChI=1S/C8H24N4Si/c1-10(2)7-8(9-13,11(3)4)12(5)6/h9H,7H2,1-6,13H3. The van der Waals surface area contributed by atoms with E-state index in [4.69, 9.17) is 0 Å². The van der Waals surface area contributed by atoms with Crippen LogP contribution in [0.2, 0.25) is 0 Å². The maximum atomic E-state index is 3.49. The largest absolute Gasteiger partial charge is 0.315 e. The van der Waals surface area contributed by atoms with Crippen molar-refractivity contribution in [1.82, 2.24) is 19.7 Å². The Morgan fingerprint density at radius 1 is 1.00 bits per heavy atom. The first-order valence-corrected chi connectivity index (χ1v) is 5.55. The Morgan fingerprint density at radius 2 is 1.38 bits per heavy atom. The van der Waals surface area contributed by atoms with E-state index in [9.17, 15) is 0 Å². The van der Waals surface area contributed by atoms with E-state index < -0.39 is 0 Å². The summed E-state index contributed by atoms with van der Waals surface area (Å²) in [6.07, 6.45) is 0. The lowest BCUT2D eigenvalue weighted by atomic mass is 10.3. The lowest BCUT2D eigenvalue weighted by molar-refractivity contribution is -0.0267. The summed E-state index contributed by atoms with van der Waals surface area (Å²) in [6.45, 7) is 0.983. The van der Waals surface area contributed by atoms with E-state index in [1.54, 1.807) is 0 Å². The Labute approximate surface area is 85.4 Å². The molecule has 5 heteroatoms. The van der Waals surface area contributed by atoms with Crippen LogP contribution in [-0.2, 0) is 0 Å². The van der Waals surface area contributed by atoms with E-state index in [1.807, 2.05) is 0 Å². The molecule has 0 aromatic heterocycles. The van der Waals surface area contributed by atoms with Crippen LogP contribution in [0.5, 0.6) is 0 Å². The van der Waals surface area contributed by atoms with E-state index in [2.05, 4.69) is 62.0 Å². The normalized spacial score (nSPS) is 13.6. The van der Waals surface area contributed by atoms with Crippen LogP contribution in [0.3, 0.4) is 0 Å². The van der Waals surface area contributed by atoms with Crippen LogP contribution in [0.4, 0.5) is 0 Å². The number of hydrogen-bond acceptors (Lipinski definition) is 4. The van der Waals surface area contributed by atoms with Gasteiger partial charge in [-0.3, -0.25) is 9.80 Å². The molecule has 1 N–H and O–H groups in total. The molecule has 80 valence electrons. The SMILES string of the molecule is CN(C)CC(N[SiH3])(N(C)C)N(C)C. The molecule has 0 unspecified atom stereocenters. The minimum absolute atomic E-state index is 0.0320. The zero-order valence-corrected chi connectivity index (χ0v) is 12.0. The Kier molecular flexibility index (Phi) is 5.09. The summed E-state index contributed by atoms with van der Waals surface area (Å²) in [4.78, 5) is 10.1. The summed E-state index contributed by atoms with van der Waals surface area (Å²) < 4.78 is 0. The molecule has 13 heavy (non-hydrogen) atoms. The quantitative estimate of drug-likeness (QED) is 0.421. The molecule has 0 fully saturated rings. The van der Waals surface area contributed by atoms with Crippen LogP contribution in [-0.4, -0.2) is 79.7 Å². The molecule has 0 radical (unpaired) electrons. The van der Waals surface area contributed by atoms with Crippen molar-refractivity contribution in [3.8, 4) is 0 Å². The first-order valence-electron chi connectivity index (χ1n) is 4.55. The molecule has 0 amide bonds. The van der Waals surface area contributed by atoms with Gasteiger partial charge < -0.3 is 9.88 Å². The maximum absolute atomic E-state index is 3.49. The van der Waals surface area contributed by atoms with Gasteiger partial charge in [0.25, 0.3) is 0 Å². The summed E-state index contributed by atoms with van der Waals surface area (Å²) in [5.41, 5.74) is 0. The van der Waals surface area contributed by atoms with Crippen molar-refractivity contribution in [2.75, 3.05) is 48.8 Å². The van der Waals surface area contributed by atoms with E-state index >= 15 is 0 Å². The molecule has 0 saturated heterocycles. The third-order valence-corrected chi connectivity index (χ3v) is 3.22. The number of rotatable bonds is 5. The highest BCUT2D eigenvalue weighted by molar-refractivity contribution is 6.04. The van der Waals surface area contributed by atoms with E-state index in [1.165, 1.54) is 0 Å². The third-order valence-electron chi connectivity index (χ3n) is 2.42. The highest BCUT2D eigenvalue weighted by Gasteiger charge is 2.33. The van der Waals surface area contributed by atoms with Crippen molar-refractivity contribution < 1.29 is 0 Å². The van der Waals surface area contributed by atoms with Crippen LogP contribution in [0, 0.1) is 0 Å². The molecule has 4 nitrogen and oxygen atoms in total. The van der Waals surface area contributed by atoms with Crippen LogP contribution in [0.25, 0.3) is 0 Å². The second-order valence-corrected chi connectivity index (χ2v) is 4.59.